The van der Waals surface area contributed by atoms with Crippen molar-refractivity contribution in [3.05, 3.63) is 54.5 Å². The molecule has 1 aliphatic carbocycles. The van der Waals surface area contributed by atoms with Crippen LogP contribution in [0.4, 0.5) is 19.0 Å². The molecule has 0 radical (unpaired) electrons. The van der Waals surface area contributed by atoms with Crippen LogP contribution in [0.2, 0.25) is 0 Å². The highest BCUT2D eigenvalue weighted by Gasteiger charge is 2.59. The van der Waals surface area contributed by atoms with Crippen LogP contribution in [0.25, 0.3) is 5.52 Å². The van der Waals surface area contributed by atoms with Crippen LogP contribution in [0.15, 0.2) is 48.8 Å². The van der Waals surface area contributed by atoms with E-state index in [1.54, 1.807) is 58.0 Å². The first kappa shape index (κ1) is 41.9. The van der Waals surface area contributed by atoms with E-state index in [9.17, 15) is 32.1 Å². The zero-order valence-corrected chi connectivity index (χ0v) is 32.3. The summed E-state index contributed by atoms with van der Waals surface area (Å²) in [5.74, 6) is -4.56. The first-order chi connectivity index (χ1) is 25.8. The molecule has 5 rings (SSSR count). The monoisotopic (exact) mass is 797 g/mol. The second-order valence-electron chi connectivity index (χ2n) is 14.6. The lowest BCUT2D eigenvalue weighted by Crippen LogP contribution is -2.49. The third-order valence-electron chi connectivity index (χ3n) is 9.45. The van der Waals surface area contributed by atoms with Crippen LogP contribution in [0.1, 0.15) is 79.0 Å². The quantitative estimate of drug-likeness (QED) is 0.108. The van der Waals surface area contributed by atoms with Gasteiger partial charge in [-0.05, 0) is 63.8 Å². The van der Waals surface area contributed by atoms with Crippen molar-refractivity contribution in [1.82, 2.24) is 19.7 Å². The van der Waals surface area contributed by atoms with Gasteiger partial charge < -0.3 is 29.2 Å². The summed E-state index contributed by atoms with van der Waals surface area (Å²) in [6.45, 7) is 8.75. The Labute approximate surface area is 316 Å². The van der Waals surface area contributed by atoms with Crippen LogP contribution in [0.5, 0.6) is 5.75 Å². The Morgan fingerprint density at radius 2 is 1.60 bits per heavy atom. The molecule has 2 aliphatic rings. The summed E-state index contributed by atoms with van der Waals surface area (Å²) in [6.07, 6.45) is -7.95. The fourth-order valence-corrected chi connectivity index (χ4v) is 7.88. The predicted molar refractivity (Wildman–Crippen MR) is 190 cm³/mol. The van der Waals surface area contributed by atoms with Gasteiger partial charge in [0.05, 0.1) is 30.1 Å². The van der Waals surface area contributed by atoms with Gasteiger partial charge in [0, 0.05) is 0 Å². The number of nitrogens with one attached hydrogen (secondary N) is 1. The number of para-hydroxylation sites is 1. The Hall–Kier alpha value is -4.25. The molecule has 1 saturated heterocycles. The first-order valence-electron chi connectivity index (χ1n) is 18.0. The molecule has 3 N–H and O–H groups in total. The van der Waals surface area contributed by atoms with Crippen molar-refractivity contribution in [2.24, 2.45) is 17.8 Å². The second kappa shape index (κ2) is 16.9. The molecular weight excluding hydrogens is 750 g/mol. The standard InChI is InChI=1S/C36H47F3N5O10P/c1-20(2)32(45)51-29-28(26-16-17-27-31(40)41-19-42-44(26)27)53-35(6,30(29)52-33(46)21(3)4)18-49-55(48,54-25-10-8-7-9-11-25)43-22(5)34(47)50-24-14-12-23(13-15-24)36(37,38)39/h7-11,16-17,19-24,28-30H,12-15,18H2,1-6H3,(H,43,48)(H2,40,41,42)/t22-,23?,24?,28-,29-,30-,35+,55?/m0/s1. The maximum atomic E-state index is 14.6. The molecule has 1 aromatic carbocycles. The zero-order chi connectivity index (χ0) is 40.3. The number of esters is 3. The second-order valence-corrected chi connectivity index (χ2v) is 16.3. The maximum Gasteiger partial charge on any atom is 0.459 e. The van der Waals surface area contributed by atoms with E-state index in [2.05, 4.69) is 15.2 Å². The molecule has 0 amide bonds. The molecule has 19 heteroatoms. The van der Waals surface area contributed by atoms with Crippen molar-refractivity contribution in [2.45, 2.75) is 109 Å². The largest absolute Gasteiger partial charge is 0.461 e. The van der Waals surface area contributed by atoms with Gasteiger partial charge in [0.25, 0.3) is 0 Å². The number of nitrogens with zero attached hydrogens (tertiary/aromatic N) is 3. The number of nitrogens with two attached hydrogens (primary N) is 1. The molecule has 0 spiro atoms. The van der Waals surface area contributed by atoms with Crippen LogP contribution in [0, 0.1) is 17.8 Å². The fourth-order valence-electron chi connectivity index (χ4n) is 6.30. The Kier molecular flexibility index (Phi) is 12.8. The van der Waals surface area contributed by atoms with Crippen LogP contribution in [-0.4, -0.2) is 75.2 Å². The third kappa shape index (κ3) is 9.95. The van der Waals surface area contributed by atoms with E-state index >= 15 is 0 Å². The summed E-state index contributed by atoms with van der Waals surface area (Å²) in [5.41, 5.74) is 5.18. The average molecular weight is 798 g/mol. The normalized spacial score (nSPS) is 26.1. The van der Waals surface area contributed by atoms with E-state index in [4.69, 9.17) is 33.7 Å². The Balaban J connectivity index is 1.44. The van der Waals surface area contributed by atoms with E-state index in [0.29, 0.717) is 11.2 Å². The molecule has 6 atom stereocenters. The summed E-state index contributed by atoms with van der Waals surface area (Å²) in [4.78, 5) is 43.6. The number of benzene rings is 1. The van der Waals surface area contributed by atoms with Gasteiger partial charge in [0.2, 0.25) is 0 Å². The molecule has 0 bridgehead atoms. The van der Waals surface area contributed by atoms with E-state index in [1.807, 2.05) is 0 Å². The lowest BCUT2D eigenvalue weighted by molar-refractivity contribution is -0.189. The Morgan fingerprint density at radius 1 is 0.964 bits per heavy atom. The first-order valence-corrected chi connectivity index (χ1v) is 19.6. The number of hydrogen-bond donors (Lipinski definition) is 2. The van der Waals surface area contributed by atoms with Crippen molar-refractivity contribution < 1.29 is 60.1 Å². The van der Waals surface area contributed by atoms with Crippen molar-refractivity contribution in [1.29, 1.82) is 0 Å². The molecule has 2 aromatic heterocycles. The van der Waals surface area contributed by atoms with Gasteiger partial charge in [-0.2, -0.15) is 23.4 Å². The van der Waals surface area contributed by atoms with Crippen LogP contribution in [-0.2, 0) is 42.4 Å². The highest BCUT2D eigenvalue weighted by Crippen LogP contribution is 2.50. The average Bonchev–Trinajstić information content (AvgIpc) is 3.67. The molecule has 2 fully saturated rings. The van der Waals surface area contributed by atoms with Crippen molar-refractivity contribution in [2.75, 3.05) is 12.3 Å². The Morgan fingerprint density at radius 3 is 2.22 bits per heavy atom. The van der Waals surface area contributed by atoms with Crippen LogP contribution in [0.3, 0.4) is 0 Å². The summed E-state index contributed by atoms with van der Waals surface area (Å²) in [5, 5.41) is 6.87. The molecule has 3 aromatic rings. The zero-order valence-electron chi connectivity index (χ0n) is 31.4. The lowest BCUT2D eigenvalue weighted by Gasteiger charge is -2.33. The minimum atomic E-state index is -4.57. The third-order valence-corrected chi connectivity index (χ3v) is 11.1. The number of anilines is 1. The number of alkyl halides is 3. The summed E-state index contributed by atoms with van der Waals surface area (Å²) in [6, 6.07) is 9.90. The van der Waals surface area contributed by atoms with Crippen LogP contribution >= 0.6 is 7.75 Å². The minimum Gasteiger partial charge on any atom is -0.461 e. The van der Waals surface area contributed by atoms with Gasteiger partial charge in [-0.25, -0.2) is 14.1 Å². The maximum absolute atomic E-state index is 14.6. The van der Waals surface area contributed by atoms with E-state index < -0.39 is 92.3 Å². The van der Waals surface area contributed by atoms with Crippen LogP contribution < -0.4 is 15.3 Å². The van der Waals surface area contributed by atoms with E-state index in [1.165, 1.54) is 36.8 Å². The van der Waals surface area contributed by atoms with Gasteiger partial charge in [0.15, 0.2) is 18.0 Å². The molecule has 1 saturated carbocycles. The number of aromatic nitrogens is 3. The number of carbonyl (C=O) groups excluding carboxylic acids is 3. The SMILES string of the molecule is CC(C)C(=O)O[C@H]1[C@H](c2ccc3c(N)ncnn23)O[C@](C)(COP(=O)(N[C@@H](C)C(=O)OC2CCC(C(F)(F)F)CC2)Oc2ccccc2)[C@H]1OC(=O)C(C)C. The lowest BCUT2D eigenvalue weighted by atomic mass is 9.87. The molecule has 1 aliphatic heterocycles. The number of carbonyl (C=O) groups is 3. The molecule has 3 heterocycles. The van der Waals surface area contributed by atoms with Gasteiger partial charge in [-0.3, -0.25) is 18.9 Å². The number of rotatable bonds is 14. The topological polar surface area (TPSA) is 192 Å². The van der Waals surface area contributed by atoms with Gasteiger partial charge in [-0.15, -0.1) is 0 Å². The van der Waals surface area contributed by atoms with Crippen molar-refractivity contribution in [3.63, 3.8) is 0 Å². The van der Waals surface area contributed by atoms with Crippen molar-refractivity contribution in [3.8, 4) is 5.75 Å². The molecule has 55 heavy (non-hydrogen) atoms. The molecular formula is C36H47F3N5O10P. The van der Waals surface area contributed by atoms with Crippen molar-refractivity contribution >= 4 is 37.0 Å². The summed E-state index contributed by atoms with van der Waals surface area (Å²) < 4.78 is 91.5. The molecule has 1 unspecified atom stereocenters. The van der Waals surface area contributed by atoms with E-state index in [0.717, 1.165) is 0 Å². The number of hydrogen-bond acceptors (Lipinski definition) is 13. The highest BCUT2D eigenvalue weighted by molar-refractivity contribution is 7.52. The summed E-state index contributed by atoms with van der Waals surface area (Å²) >= 11 is 0. The van der Waals surface area contributed by atoms with Gasteiger partial charge >= 0.3 is 31.8 Å². The number of ether oxygens (including phenoxy) is 4. The number of halogens is 3. The molecule has 15 nitrogen and oxygen atoms in total. The summed E-state index contributed by atoms with van der Waals surface area (Å²) in [7, 11) is -4.57. The fraction of sp³-hybridized carbons (Fsp3) is 0.583. The number of nitrogen functional groups attached to an aromatic ring is 1. The smallest absolute Gasteiger partial charge is 0.459 e. The van der Waals surface area contributed by atoms with E-state index in [-0.39, 0.29) is 37.3 Å². The van der Waals surface area contributed by atoms with Gasteiger partial charge in [0.1, 0.15) is 41.4 Å². The minimum absolute atomic E-state index is 0.0167. The highest BCUT2D eigenvalue weighted by atomic mass is 31.2. The van der Waals surface area contributed by atoms with Gasteiger partial charge in [-0.1, -0.05) is 45.9 Å². The Bertz CT molecular complexity index is 1870. The molecule has 302 valence electrons. The number of fused-ring (bicyclic) bond motifs is 1. The predicted octanol–water partition coefficient (Wildman–Crippen LogP) is 6.12.